The maximum absolute atomic E-state index is 13.6. The van der Waals surface area contributed by atoms with E-state index in [-0.39, 0.29) is 28.7 Å². The van der Waals surface area contributed by atoms with Crippen LogP contribution in [-0.2, 0) is 0 Å². The highest BCUT2D eigenvalue weighted by molar-refractivity contribution is 5.95. The van der Waals surface area contributed by atoms with Crippen LogP contribution in [0.4, 0.5) is 4.39 Å². The van der Waals surface area contributed by atoms with Gasteiger partial charge in [0.05, 0.1) is 11.9 Å². The van der Waals surface area contributed by atoms with Gasteiger partial charge in [0.1, 0.15) is 11.5 Å². The first-order valence-corrected chi connectivity index (χ1v) is 10.9. The minimum atomic E-state index is -0.338. The Labute approximate surface area is 181 Å². The topological polar surface area (TPSA) is 84.0 Å². The second kappa shape index (κ2) is 7.11. The second-order valence-corrected chi connectivity index (χ2v) is 9.94. The first-order chi connectivity index (χ1) is 14.7. The predicted molar refractivity (Wildman–Crippen MR) is 113 cm³/mol. The summed E-state index contributed by atoms with van der Waals surface area (Å²) in [6.07, 6.45) is 8.71. The van der Waals surface area contributed by atoms with Crippen LogP contribution in [0.15, 0.2) is 30.6 Å². The molecule has 4 saturated carbocycles. The number of carbonyl (C=O) groups excluding carboxylic acids is 2. The molecule has 31 heavy (non-hydrogen) atoms. The van der Waals surface area contributed by atoms with Gasteiger partial charge in [0, 0.05) is 22.8 Å². The molecule has 2 N–H and O–H groups in total. The zero-order valence-electron chi connectivity index (χ0n) is 17.9. The molecule has 162 valence electrons. The quantitative estimate of drug-likeness (QED) is 0.790. The molecule has 4 aliphatic carbocycles. The van der Waals surface area contributed by atoms with Gasteiger partial charge >= 0.3 is 0 Å². The minimum Gasteiger partial charge on any atom is -0.346 e. The highest BCUT2D eigenvalue weighted by Gasteiger charge is 2.58. The third-order valence-corrected chi connectivity index (χ3v) is 7.23. The Hall–Kier alpha value is -2.83. The second-order valence-electron chi connectivity index (χ2n) is 9.94. The zero-order valence-corrected chi connectivity index (χ0v) is 17.9. The van der Waals surface area contributed by atoms with Crippen LogP contribution >= 0.6 is 0 Å². The SMILES string of the molecule is Cc1cncc(C(=O)NC23CC4CC(CC(NC(=O)c5ccc(F)c(C)c5)(C4)C2)C3)n1. The van der Waals surface area contributed by atoms with Crippen LogP contribution < -0.4 is 10.6 Å². The highest BCUT2D eigenvalue weighted by Crippen LogP contribution is 2.57. The lowest BCUT2D eigenvalue weighted by atomic mass is 9.49. The Bertz CT molecular complexity index is 1060. The molecule has 4 fully saturated rings. The van der Waals surface area contributed by atoms with Crippen molar-refractivity contribution in [2.75, 3.05) is 0 Å². The summed E-state index contributed by atoms with van der Waals surface area (Å²) in [7, 11) is 0. The van der Waals surface area contributed by atoms with Crippen LogP contribution in [0, 0.1) is 31.5 Å². The van der Waals surface area contributed by atoms with Gasteiger partial charge in [0.25, 0.3) is 11.8 Å². The molecule has 0 saturated heterocycles. The summed E-state index contributed by atoms with van der Waals surface area (Å²) in [4.78, 5) is 34.4. The number of aromatic nitrogens is 2. The monoisotopic (exact) mass is 422 g/mol. The molecule has 0 radical (unpaired) electrons. The molecule has 4 aliphatic rings. The van der Waals surface area contributed by atoms with Crippen molar-refractivity contribution < 1.29 is 14.0 Å². The average Bonchev–Trinajstić information content (AvgIpc) is 2.68. The number of nitrogens with zero attached hydrogens (tertiary/aromatic N) is 2. The van der Waals surface area contributed by atoms with Crippen molar-refractivity contribution in [1.29, 1.82) is 0 Å². The van der Waals surface area contributed by atoms with Gasteiger partial charge in [-0.1, -0.05) is 0 Å². The number of amides is 2. The number of benzene rings is 1. The molecule has 7 heteroatoms. The molecular weight excluding hydrogens is 395 g/mol. The Morgan fingerprint density at radius 1 is 1.00 bits per heavy atom. The largest absolute Gasteiger partial charge is 0.346 e. The number of hydrogen-bond donors (Lipinski definition) is 2. The van der Waals surface area contributed by atoms with Gasteiger partial charge in [-0.3, -0.25) is 14.6 Å². The lowest BCUT2D eigenvalue weighted by molar-refractivity contribution is -0.0448. The van der Waals surface area contributed by atoms with Gasteiger partial charge in [-0.15, -0.1) is 0 Å². The summed E-state index contributed by atoms with van der Waals surface area (Å²) in [5.41, 5.74) is 1.30. The molecule has 2 amide bonds. The molecular formula is C24H27FN4O2. The number of rotatable bonds is 4. The predicted octanol–water partition coefficient (Wildman–Crippen LogP) is 3.48. The Morgan fingerprint density at radius 2 is 1.65 bits per heavy atom. The fourth-order valence-electron chi connectivity index (χ4n) is 6.53. The molecule has 6 nitrogen and oxygen atoms in total. The van der Waals surface area contributed by atoms with E-state index in [9.17, 15) is 14.0 Å². The van der Waals surface area contributed by atoms with Crippen LogP contribution in [0.25, 0.3) is 0 Å². The summed E-state index contributed by atoms with van der Waals surface area (Å²) in [6, 6.07) is 4.47. The summed E-state index contributed by atoms with van der Waals surface area (Å²) in [6.45, 7) is 3.48. The normalized spacial score (nSPS) is 30.8. The Morgan fingerprint density at radius 3 is 2.26 bits per heavy atom. The van der Waals surface area contributed by atoms with Gasteiger partial charge < -0.3 is 10.6 Å². The smallest absolute Gasteiger partial charge is 0.271 e. The summed E-state index contributed by atoms with van der Waals surface area (Å²) in [5.74, 6) is 0.262. The number of nitrogens with one attached hydrogen (secondary N) is 2. The van der Waals surface area contributed by atoms with E-state index in [1.807, 2.05) is 6.92 Å². The van der Waals surface area contributed by atoms with Crippen molar-refractivity contribution in [2.45, 2.75) is 63.5 Å². The summed E-state index contributed by atoms with van der Waals surface area (Å²) < 4.78 is 13.6. The molecule has 2 unspecified atom stereocenters. The van der Waals surface area contributed by atoms with Crippen LogP contribution in [0.3, 0.4) is 0 Å². The van der Waals surface area contributed by atoms with E-state index in [1.54, 1.807) is 19.2 Å². The standard InChI is InChI=1S/C24H27FN4O2/c1-14-5-18(3-4-19(14)25)21(30)28-23-7-16-6-17(8-23)10-24(9-16,13-23)29-22(31)20-12-26-11-15(2)27-20/h3-5,11-12,16-17H,6-10,13H2,1-2H3,(H,28,30)(H,29,31). The molecule has 2 aromatic rings. The minimum absolute atomic E-state index is 0.170. The van der Waals surface area contributed by atoms with E-state index >= 15 is 0 Å². The van der Waals surface area contributed by atoms with Crippen molar-refractivity contribution in [3.05, 3.63) is 58.9 Å². The molecule has 0 spiro atoms. The van der Waals surface area contributed by atoms with Gasteiger partial charge in [0.15, 0.2) is 0 Å². The lowest BCUT2D eigenvalue weighted by Gasteiger charge is -2.62. The number of hydrogen-bond acceptors (Lipinski definition) is 4. The molecule has 1 aromatic carbocycles. The Balaban J connectivity index is 1.38. The van der Waals surface area contributed by atoms with Crippen LogP contribution in [0.1, 0.15) is 70.6 Å². The third kappa shape index (κ3) is 3.70. The molecule has 1 aromatic heterocycles. The van der Waals surface area contributed by atoms with E-state index in [0.717, 1.165) is 32.1 Å². The van der Waals surface area contributed by atoms with Gasteiger partial charge in [0.2, 0.25) is 0 Å². The van der Waals surface area contributed by atoms with E-state index < -0.39 is 0 Å². The van der Waals surface area contributed by atoms with E-state index in [0.29, 0.717) is 40.8 Å². The van der Waals surface area contributed by atoms with E-state index in [1.165, 1.54) is 18.3 Å². The number of halogens is 1. The average molecular weight is 423 g/mol. The molecule has 2 atom stereocenters. The first kappa shape index (κ1) is 20.1. The lowest BCUT2D eigenvalue weighted by Crippen LogP contribution is -2.69. The zero-order chi connectivity index (χ0) is 21.8. The van der Waals surface area contributed by atoms with E-state index in [4.69, 9.17) is 0 Å². The van der Waals surface area contributed by atoms with Crippen molar-refractivity contribution in [2.24, 2.45) is 11.8 Å². The van der Waals surface area contributed by atoms with E-state index in [2.05, 4.69) is 20.6 Å². The van der Waals surface area contributed by atoms with Crippen LogP contribution in [0.5, 0.6) is 0 Å². The fraction of sp³-hybridized carbons (Fsp3) is 0.500. The Kier molecular flexibility index (Phi) is 4.61. The molecule has 6 rings (SSSR count). The van der Waals surface area contributed by atoms with Crippen LogP contribution in [-0.4, -0.2) is 32.9 Å². The maximum atomic E-state index is 13.6. The van der Waals surface area contributed by atoms with Crippen LogP contribution in [0.2, 0.25) is 0 Å². The van der Waals surface area contributed by atoms with Gasteiger partial charge in [-0.25, -0.2) is 9.37 Å². The fourth-order valence-corrected chi connectivity index (χ4v) is 6.53. The third-order valence-electron chi connectivity index (χ3n) is 7.23. The van der Waals surface area contributed by atoms with Gasteiger partial charge in [-0.2, -0.15) is 0 Å². The number of aryl methyl sites for hydroxylation is 2. The molecule has 1 heterocycles. The van der Waals surface area contributed by atoms with Crippen molar-refractivity contribution >= 4 is 11.8 Å². The van der Waals surface area contributed by atoms with Crippen molar-refractivity contribution in [1.82, 2.24) is 20.6 Å². The maximum Gasteiger partial charge on any atom is 0.271 e. The van der Waals surface area contributed by atoms with Crippen molar-refractivity contribution in [3.8, 4) is 0 Å². The number of carbonyl (C=O) groups is 2. The van der Waals surface area contributed by atoms with Crippen molar-refractivity contribution in [3.63, 3.8) is 0 Å². The summed E-state index contributed by atoms with van der Waals surface area (Å²) >= 11 is 0. The molecule has 4 bridgehead atoms. The first-order valence-electron chi connectivity index (χ1n) is 10.9. The van der Waals surface area contributed by atoms with Gasteiger partial charge in [-0.05, 0) is 88.0 Å². The summed E-state index contributed by atoms with van der Waals surface area (Å²) in [5, 5.41) is 6.57. The highest BCUT2D eigenvalue weighted by atomic mass is 19.1. The molecule has 0 aliphatic heterocycles.